The zero-order valence-electron chi connectivity index (χ0n) is 31.8. The minimum absolute atomic E-state index is 0. The van der Waals surface area contributed by atoms with Gasteiger partial charge in [-0.15, -0.1) is 21.9 Å². The third-order valence-electron chi connectivity index (χ3n) is 11.3. The second kappa shape index (κ2) is 23.0. The van der Waals surface area contributed by atoms with Crippen molar-refractivity contribution in [2.24, 2.45) is 23.7 Å². The van der Waals surface area contributed by atoms with Gasteiger partial charge in [0.25, 0.3) is 0 Å². The molecule has 56 heavy (non-hydrogen) atoms. The largest absolute Gasteiger partial charge is 0.493 e. The Morgan fingerprint density at radius 3 is 2.34 bits per heavy atom. The van der Waals surface area contributed by atoms with Crippen LogP contribution < -0.4 is 9.47 Å². The molecular formula is C48H48ClFO3SY2-2. The van der Waals surface area contributed by atoms with Crippen molar-refractivity contribution in [3.05, 3.63) is 143 Å². The van der Waals surface area contributed by atoms with Crippen molar-refractivity contribution in [1.29, 1.82) is 0 Å². The Labute approximate surface area is 391 Å². The molecule has 0 spiro atoms. The van der Waals surface area contributed by atoms with Gasteiger partial charge in [-0.2, -0.15) is 42.0 Å². The van der Waals surface area contributed by atoms with Crippen molar-refractivity contribution in [3.8, 4) is 11.5 Å². The third-order valence-corrected chi connectivity index (χ3v) is 12.8. The van der Waals surface area contributed by atoms with Crippen molar-refractivity contribution in [2.75, 3.05) is 13.2 Å². The van der Waals surface area contributed by atoms with Crippen LogP contribution >= 0.6 is 22.9 Å². The minimum Gasteiger partial charge on any atom is -0.493 e. The quantitative estimate of drug-likeness (QED) is 0.0806. The van der Waals surface area contributed by atoms with Gasteiger partial charge in [-0.25, -0.2) is 10.5 Å². The molecular weight excluding hydrogens is 889 g/mol. The van der Waals surface area contributed by atoms with Gasteiger partial charge in [-0.1, -0.05) is 105 Å². The second-order valence-corrected chi connectivity index (χ2v) is 16.3. The first-order valence-electron chi connectivity index (χ1n) is 19.4. The Morgan fingerprint density at radius 1 is 0.768 bits per heavy atom. The van der Waals surface area contributed by atoms with Gasteiger partial charge in [0.2, 0.25) is 0 Å². The van der Waals surface area contributed by atoms with Crippen molar-refractivity contribution < 1.29 is 84.1 Å². The summed E-state index contributed by atoms with van der Waals surface area (Å²) in [5.41, 5.74) is 1.32. The summed E-state index contributed by atoms with van der Waals surface area (Å²) >= 11 is 8.07. The Hall–Kier alpha value is -1.98. The van der Waals surface area contributed by atoms with Gasteiger partial charge < -0.3 is 20.8 Å². The zero-order chi connectivity index (χ0) is 37.1. The van der Waals surface area contributed by atoms with E-state index in [1.54, 1.807) is 11.3 Å². The monoisotopic (exact) mass is 936 g/mol. The van der Waals surface area contributed by atoms with E-state index in [0.717, 1.165) is 67.2 Å². The molecule has 0 N–H and O–H groups in total. The van der Waals surface area contributed by atoms with Crippen LogP contribution in [-0.2, 0) is 83.1 Å². The fourth-order valence-corrected chi connectivity index (χ4v) is 9.33. The molecule has 8 heteroatoms. The molecule has 2 unspecified atom stereocenters. The Bertz CT molecular complexity index is 2070. The molecule has 2 aliphatic carbocycles. The number of aryl methyl sites for hydroxylation is 2. The molecule has 2 aliphatic rings. The van der Waals surface area contributed by atoms with Gasteiger partial charge in [-0.3, -0.25) is 4.79 Å². The summed E-state index contributed by atoms with van der Waals surface area (Å²) in [6.45, 7) is 0.973. The number of hydrogen-bond acceptors (Lipinski definition) is 4. The fraction of sp³-hybridized carbons (Fsp3) is 0.354. The first kappa shape index (κ1) is 45.1. The molecule has 3 nitrogen and oxygen atoms in total. The van der Waals surface area contributed by atoms with Crippen LogP contribution in [0.3, 0.4) is 0 Å². The maximum Gasteiger partial charge on any atom is 0.139 e. The Balaban J connectivity index is 0.000000207. The first-order chi connectivity index (χ1) is 26.5. The van der Waals surface area contributed by atoms with Gasteiger partial charge in [-0.05, 0) is 59.0 Å². The van der Waals surface area contributed by atoms with Crippen molar-refractivity contribution >= 4 is 50.3 Å². The molecule has 0 bridgehead atoms. The normalized spacial score (nSPS) is 21.5. The van der Waals surface area contributed by atoms with E-state index in [-0.39, 0.29) is 83.2 Å². The number of carbonyl (C=O) groups excluding carboxylic acids is 1. The molecule has 2 saturated carbocycles. The molecule has 286 valence electrons. The molecule has 1 aromatic heterocycles. The van der Waals surface area contributed by atoms with E-state index in [1.807, 2.05) is 66.7 Å². The van der Waals surface area contributed by atoms with Crippen LogP contribution in [0.1, 0.15) is 55.4 Å². The molecule has 2 radical (unpaired) electrons. The van der Waals surface area contributed by atoms with Crippen molar-refractivity contribution in [1.82, 2.24) is 0 Å². The van der Waals surface area contributed by atoms with Crippen molar-refractivity contribution in [3.63, 3.8) is 0 Å². The number of rotatable bonds is 14. The molecule has 6 atom stereocenters. The number of benzene rings is 5. The van der Waals surface area contributed by atoms with E-state index < -0.39 is 11.5 Å². The zero-order valence-corrected chi connectivity index (χ0v) is 39.1. The van der Waals surface area contributed by atoms with E-state index in [1.165, 1.54) is 21.2 Å². The van der Waals surface area contributed by atoms with Crippen LogP contribution in [-0.4, -0.2) is 30.5 Å². The smallest absolute Gasteiger partial charge is 0.139 e. The summed E-state index contributed by atoms with van der Waals surface area (Å²) in [4.78, 5) is 13.8. The average Bonchev–Trinajstić information content (AvgIpc) is 3.93. The van der Waals surface area contributed by atoms with Crippen LogP contribution in [0, 0.1) is 35.1 Å². The molecule has 5 aromatic carbocycles. The molecule has 6 aromatic rings. The number of thiophene rings is 1. The Kier molecular flexibility index (Phi) is 18.5. The van der Waals surface area contributed by atoms with Crippen LogP contribution in [0.5, 0.6) is 11.5 Å². The topological polar surface area (TPSA) is 35.5 Å². The standard InChI is InChI=1S/C25H25O2.C23H23ClFOS.2Y/c26-24-17-16-21(12-6-10-19-8-2-1-3-9-19)23(24)18-27-25-15-7-13-20-11-4-5-14-22(20)25;24-23-21(15-26-19-11-10-16-5-1-2-6-17(16)13-19)18(14-22(23)25)7-3-8-20-9-4-12-27-20;;/h1-2,4-5,7-9,11,13-15,21,23H,6,10,12,16-18H2;1-2,4-6,9-11,13,18,21-23H,3,7-8,14-15H2;;/q2*-1;;/t21-,23+;18-,21+,22?,23?;;/m00../s1. The molecule has 0 aliphatic heterocycles. The van der Waals surface area contributed by atoms with Crippen LogP contribution in [0.4, 0.5) is 4.39 Å². The molecule has 8 rings (SSSR count). The van der Waals surface area contributed by atoms with Gasteiger partial charge in [0.05, 0.1) is 24.5 Å². The summed E-state index contributed by atoms with van der Waals surface area (Å²) < 4.78 is 26.4. The summed E-state index contributed by atoms with van der Waals surface area (Å²) in [5, 5.41) is 7.29. The first-order valence-corrected chi connectivity index (χ1v) is 20.7. The SMILES string of the molecule is FC1C[C@H](CCCc2cc[c-]s2)[C@@H](COc2ccc3ccccc3c2)C1Cl.O=C1CC[C@H](CCCc2c[c-]ccc2)[C@H]1COc1cccc2ccccc12.[Y].[Y]. The van der Waals surface area contributed by atoms with E-state index in [2.05, 4.69) is 66.0 Å². The fourth-order valence-electron chi connectivity index (χ4n) is 8.28. The average molecular weight is 937 g/mol. The number of carbonyl (C=O) groups is 1. The Morgan fingerprint density at radius 2 is 1.54 bits per heavy atom. The number of Topliss-reactive ketones (excluding diaryl/α,β-unsaturated/α-hetero) is 1. The molecule has 1 heterocycles. The van der Waals surface area contributed by atoms with Crippen LogP contribution in [0.25, 0.3) is 21.5 Å². The van der Waals surface area contributed by atoms with Gasteiger partial charge in [0, 0.05) is 83.1 Å². The van der Waals surface area contributed by atoms with Gasteiger partial charge >= 0.3 is 0 Å². The van der Waals surface area contributed by atoms with Gasteiger partial charge in [0.1, 0.15) is 23.5 Å². The number of ketones is 1. The summed E-state index contributed by atoms with van der Waals surface area (Å²) in [5.74, 6) is 2.90. The number of halogens is 2. The van der Waals surface area contributed by atoms with Crippen molar-refractivity contribution in [2.45, 2.75) is 69.3 Å². The predicted octanol–water partition coefficient (Wildman–Crippen LogP) is 12.3. The number of ether oxygens (including phenoxy) is 2. The second-order valence-electron chi connectivity index (χ2n) is 14.8. The maximum atomic E-state index is 14.3. The van der Waals surface area contributed by atoms with E-state index in [4.69, 9.17) is 21.1 Å². The van der Waals surface area contributed by atoms with E-state index in [0.29, 0.717) is 37.8 Å². The summed E-state index contributed by atoms with van der Waals surface area (Å²) in [7, 11) is 0. The summed E-state index contributed by atoms with van der Waals surface area (Å²) in [6.07, 6.45) is 7.66. The third kappa shape index (κ3) is 12.3. The number of alkyl halides is 2. The molecule has 2 fully saturated rings. The summed E-state index contributed by atoms with van der Waals surface area (Å²) in [6, 6.07) is 44.0. The minimum atomic E-state index is -0.933. The molecule has 0 saturated heterocycles. The van der Waals surface area contributed by atoms with E-state index >= 15 is 0 Å². The molecule has 0 amide bonds. The van der Waals surface area contributed by atoms with Crippen LogP contribution in [0.2, 0.25) is 0 Å². The number of fused-ring (bicyclic) bond motifs is 2. The maximum absolute atomic E-state index is 14.3. The van der Waals surface area contributed by atoms with Gasteiger partial charge in [0.15, 0.2) is 0 Å². The predicted molar refractivity (Wildman–Crippen MR) is 221 cm³/mol. The number of hydrogen-bond donors (Lipinski definition) is 0. The van der Waals surface area contributed by atoms with Crippen LogP contribution in [0.15, 0.2) is 121 Å². The van der Waals surface area contributed by atoms with E-state index in [9.17, 15) is 9.18 Å².